The zero-order valence-electron chi connectivity index (χ0n) is 17.6. The van der Waals surface area contributed by atoms with Gasteiger partial charge in [0.1, 0.15) is 18.2 Å². The van der Waals surface area contributed by atoms with E-state index < -0.39 is 0 Å². The molecule has 0 saturated heterocycles. The maximum absolute atomic E-state index is 13.3. The fraction of sp³-hybridized carbons (Fsp3) is 0.217. The number of hydrogen-bond acceptors (Lipinski definition) is 6. The van der Waals surface area contributed by atoms with Crippen LogP contribution in [0, 0.1) is 12.7 Å². The van der Waals surface area contributed by atoms with E-state index in [9.17, 15) is 4.39 Å². The lowest BCUT2D eigenvalue weighted by Crippen LogP contribution is -2.23. The fourth-order valence-corrected chi connectivity index (χ4v) is 3.61. The van der Waals surface area contributed by atoms with E-state index in [-0.39, 0.29) is 11.9 Å². The zero-order valence-corrected chi connectivity index (χ0v) is 17.6. The second-order valence-corrected chi connectivity index (χ2v) is 7.40. The van der Waals surface area contributed by atoms with Crippen LogP contribution in [0.15, 0.2) is 49.1 Å². The van der Waals surface area contributed by atoms with Crippen LogP contribution in [0.2, 0.25) is 0 Å². The Balaban J connectivity index is 1.40. The van der Waals surface area contributed by atoms with Gasteiger partial charge in [-0.1, -0.05) is 12.1 Å². The van der Waals surface area contributed by atoms with E-state index in [1.165, 1.54) is 12.1 Å². The van der Waals surface area contributed by atoms with E-state index in [0.29, 0.717) is 36.4 Å². The first-order valence-electron chi connectivity index (χ1n) is 10.2. The number of hydrogen-bond donors (Lipinski definition) is 0. The molecular formula is C23H21FN6O2. The van der Waals surface area contributed by atoms with Crippen LogP contribution in [0.4, 0.5) is 4.39 Å². The van der Waals surface area contributed by atoms with Crippen molar-refractivity contribution in [2.75, 3.05) is 13.7 Å². The summed E-state index contributed by atoms with van der Waals surface area (Å²) in [5.74, 6) is 2.27. The summed E-state index contributed by atoms with van der Waals surface area (Å²) in [5.41, 5.74) is 2.59. The van der Waals surface area contributed by atoms with Crippen molar-refractivity contribution in [3.8, 4) is 11.6 Å². The van der Waals surface area contributed by atoms with Crippen molar-refractivity contribution in [3.05, 3.63) is 83.3 Å². The summed E-state index contributed by atoms with van der Waals surface area (Å²) >= 11 is 0. The monoisotopic (exact) mass is 432 g/mol. The Morgan fingerprint density at radius 3 is 2.78 bits per heavy atom. The quantitative estimate of drug-likeness (QED) is 0.479. The maximum atomic E-state index is 13.3. The van der Waals surface area contributed by atoms with Crippen molar-refractivity contribution >= 4 is 12.2 Å². The second kappa shape index (κ2) is 8.35. The van der Waals surface area contributed by atoms with Gasteiger partial charge in [-0.05, 0) is 48.4 Å². The predicted octanol–water partition coefficient (Wildman–Crippen LogP) is 3.60. The molecule has 32 heavy (non-hydrogen) atoms. The van der Waals surface area contributed by atoms with Crippen LogP contribution in [0.3, 0.4) is 0 Å². The van der Waals surface area contributed by atoms with Crippen molar-refractivity contribution in [1.29, 1.82) is 0 Å². The Hall–Kier alpha value is -3.85. The van der Waals surface area contributed by atoms with Gasteiger partial charge in [-0.25, -0.2) is 24.0 Å². The van der Waals surface area contributed by atoms with Crippen LogP contribution in [0.5, 0.6) is 5.75 Å². The Kier molecular flexibility index (Phi) is 5.24. The highest BCUT2D eigenvalue weighted by Gasteiger charge is 2.26. The van der Waals surface area contributed by atoms with Gasteiger partial charge in [0.2, 0.25) is 0 Å². The third kappa shape index (κ3) is 3.90. The van der Waals surface area contributed by atoms with Crippen LogP contribution >= 0.6 is 0 Å². The molecule has 4 heterocycles. The van der Waals surface area contributed by atoms with Crippen molar-refractivity contribution in [2.24, 2.45) is 0 Å². The predicted molar refractivity (Wildman–Crippen MR) is 116 cm³/mol. The number of aryl methyl sites for hydroxylation is 1. The molecule has 9 heteroatoms. The molecule has 1 aliphatic rings. The second-order valence-electron chi connectivity index (χ2n) is 7.40. The average molecular weight is 432 g/mol. The number of pyridine rings is 1. The first-order chi connectivity index (χ1) is 15.6. The largest absolute Gasteiger partial charge is 0.493 e. The molecule has 162 valence electrons. The highest BCUT2D eigenvalue weighted by atomic mass is 19.1. The van der Waals surface area contributed by atoms with Crippen molar-refractivity contribution in [2.45, 2.75) is 19.6 Å². The fourth-order valence-electron chi connectivity index (χ4n) is 3.61. The summed E-state index contributed by atoms with van der Waals surface area (Å²) in [6.45, 7) is 3.04. The number of aromatic nitrogens is 6. The van der Waals surface area contributed by atoms with Crippen molar-refractivity contribution in [1.82, 2.24) is 29.3 Å². The molecule has 0 saturated carbocycles. The maximum Gasteiger partial charge on any atom is 0.180 e. The van der Waals surface area contributed by atoms with Gasteiger partial charge in [0, 0.05) is 12.4 Å². The lowest BCUT2D eigenvalue weighted by atomic mass is 10.1. The first-order valence-corrected chi connectivity index (χ1v) is 10.2. The highest BCUT2D eigenvalue weighted by molar-refractivity contribution is 5.67. The Labute approximate surface area is 184 Å². The molecule has 0 bridgehead atoms. The zero-order chi connectivity index (χ0) is 22.1. The van der Waals surface area contributed by atoms with Gasteiger partial charge in [-0.15, -0.1) is 0 Å². The summed E-state index contributed by atoms with van der Waals surface area (Å²) in [6.07, 6.45) is 8.68. The summed E-state index contributed by atoms with van der Waals surface area (Å²) in [5, 5.41) is 4.57. The first kappa shape index (κ1) is 20.1. The van der Waals surface area contributed by atoms with E-state index in [1.807, 2.05) is 40.6 Å². The van der Waals surface area contributed by atoms with Gasteiger partial charge in [-0.2, -0.15) is 5.10 Å². The molecule has 0 N–H and O–H groups in total. The van der Waals surface area contributed by atoms with E-state index in [1.54, 1.807) is 31.8 Å². The van der Waals surface area contributed by atoms with Crippen LogP contribution in [0.1, 0.15) is 34.6 Å². The number of imidazole rings is 1. The molecule has 4 aromatic rings. The number of nitrogens with zero attached hydrogens (tertiary/aromatic N) is 6. The van der Waals surface area contributed by atoms with Crippen LogP contribution < -0.4 is 4.74 Å². The molecule has 5 rings (SSSR count). The van der Waals surface area contributed by atoms with Crippen molar-refractivity contribution in [3.63, 3.8) is 0 Å². The molecular weight excluding hydrogens is 411 g/mol. The van der Waals surface area contributed by atoms with Crippen LogP contribution in [-0.4, -0.2) is 43.0 Å². The van der Waals surface area contributed by atoms with Crippen LogP contribution in [0.25, 0.3) is 18.0 Å². The molecule has 3 aromatic heterocycles. The average Bonchev–Trinajstić information content (AvgIpc) is 3.43. The Bertz CT molecular complexity index is 1280. The molecule has 0 aliphatic carbocycles. The minimum Gasteiger partial charge on any atom is -0.493 e. The standard InChI is InChI=1S/C23H21FN6O2/c1-15-13-29(14-26-15)22-19(31-2)11-16(12-25-22)3-8-20-27-23-21(32-10-9-30(23)28-20)17-4-6-18(24)7-5-17/h3-8,11-14,21H,9-10H2,1-2H3/b8-3+/t21-/m0/s1. The number of rotatable bonds is 5. The van der Waals surface area contributed by atoms with Gasteiger partial charge >= 0.3 is 0 Å². The Morgan fingerprint density at radius 2 is 2.03 bits per heavy atom. The van der Waals surface area contributed by atoms with Gasteiger partial charge < -0.3 is 9.47 Å². The van der Waals surface area contributed by atoms with Gasteiger partial charge in [-0.3, -0.25) is 4.57 Å². The normalized spacial score (nSPS) is 15.8. The van der Waals surface area contributed by atoms with E-state index in [0.717, 1.165) is 16.8 Å². The summed E-state index contributed by atoms with van der Waals surface area (Å²) in [6, 6.07) is 8.16. The molecule has 1 atom stereocenters. The molecule has 1 aromatic carbocycles. The third-order valence-electron chi connectivity index (χ3n) is 5.17. The number of ether oxygens (including phenoxy) is 2. The number of benzene rings is 1. The minimum absolute atomic E-state index is 0.284. The van der Waals surface area contributed by atoms with Gasteiger partial charge in [0.15, 0.2) is 23.2 Å². The Morgan fingerprint density at radius 1 is 1.19 bits per heavy atom. The molecule has 0 amide bonds. The number of halogens is 1. The van der Waals surface area contributed by atoms with Gasteiger partial charge in [0.05, 0.1) is 26.0 Å². The topological polar surface area (TPSA) is 79.9 Å². The van der Waals surface area contributed by atoms with E-state index in [4.69, 9.17) is 9.47 Å². The van der Waals surface area contributed by atoms with E-state index >= 15 is 0 Å². The number of methoxy groups -OCH3 is 1. The molecule has 0 fully saturated rings. The molecule has 0 radical (unpaired) electrons. The van der Waals surface area contributed by atoms with Crippen molar-refractivity contribution < 1.29 is 13.9 Å². The number of fused-ring (bicyclic) bond motifs is 1. The smallest absolute Gasteiger partial charge is 0.180 e. The molecule has 1 aliphatic heterocycles. The summed E-state index contributed by atoms with van der Waals surface area (Å²) < 4.78 is 28.4. The lowest BCUT2D eigenvalue weighted by molar-refractivity contribution is 0.0389. The van der Waals surface area contributed by atoms with E-state index in [2.05, 4.69) is 20.1 Å². The minimum atomic E-state index is -0.376. The molecule has 0 unspecified atom stereocenters. The highest BCUT2D eigenvalue weighted by Crippen LogP contribution is 2.28. The summed E-state index contributed by atoms with van der Waals surface area (Å²) in [4.78, 5) is 13.4. The van der Waals surface area contributed by atoms with Gasteiger partial charge in [0.25, 0.3) is 0 Å². The molecule has 0 spiro atoms. The third-order valence-corrected chi connectivity index (χ3v) is 5.17. The lowest BCUT2D eigenvalue weighted by Gasteiger charge is -2.23. The SMILES string of the molecule is COc1cc(/C=C/c2nc3n(n2)CCO[C@H]3c2ccc(F)cc2)cnc1-n1cnc(C)c1. The van der Waals surface area contributed by atoms with Crippen LogP contribution in [-0.2, 0) is 11.3 Å². The summed E-state index contributed by atoms with van der Waals surface area (Å²) in [7, 11) is 1.61. The molecule has 8 nitrogen and oxygen atoms in total.